The van der Waals surface area contributed by atoms with Crippen molar-refractivity contribution in [1.82, 2.24) is 4.72 Å². The molecule has 1 aliphatic carbocycles. The van der Waals surface area contributed by atoms with Crippen LogP contribution in [0.4, 0.5) is 0 Å². The Morgan fingerprint density at radius 1 is 1.04 bits per heavy atom. The predicted octanol–water partition coefficient (Wildman–Crippen LogP) is 2.84. The lowest BCUT2D eigenvalue weighted by Gasteiger charge is -2.10. The summed E-state index contributed by atoms with van der Waals surface area (Å²) in [5.41, 5.74) is 3.59. The molecule has 0 spiro atoms. The van der Waals surface area contributed by atoms with Crippen molar-refractivity contribution >= 4 is 10.0 Å². The summed E-state index contributed by atoms with van der Waals surface area (Å²) in [5, 5.41) is 0. The van der Waals surface area contributed by atoms with Crippen LogP contribution in [-0.4, -0.2) is 21.6 Å². The average Bonchev–Trinajstić information content (AvgIpc) is 3.01. The van der Waals surface area contributed by atoms with E-state index in [1.54, 1.807) is 12.1 Å². The van der Waals surface area contributed by atoms with Crippen LogP contribution >= 0.6 is 0 Å². The van der Waals surface area contributed by atoms with Crippen LogP contribution in [0.25, 0.3) is 0 Å². The van der Waals surface area contributed by atoms with E-state index in [9.17, 15) is 8.42 Å². The minimum Gasteiger partial charge on any atom is -0.492 e. The van der Waals surface area contributed by atoms with Crippen LogP contribution in [0.2, 0.25) is 0 Å². The third kappa shape index (κ3) is 3.92. The molecule has 0 saturated carbocycles. The highest BCUT2D eigenvalue weighted by Crippen LogP contribution is 2.24. The van der Waals surface area contributed by atoms with Gasteiger partial charge in [-0.1, -0.05) is 23.8 Å². The van der Waals surface area contributed by atoms with Crippen LogP contribution in [0.1, 0.15) is 23.1 Å². The minimum absolute atomic E-state index is 0.243. The van der Waals surface area contributed by atoms with Crippen molar-refractivity contribution in [1.29, 1.82) is 0 Å². The Morgan fingerprint density at radius 2 is 1.78 bits per heavy atom. The Morgan fingerprint density at radius 3 is 2.57 bits per heavy atom. The summed E-state index contributed by atoms with van der Waals surface area (Å²) in [6.45, 7) is 2.55. The summed E-state index contributed by atoms with van der Waals surface area (Å²) in [5.74, 6) is 0.743. The summed E-state index contributed by atoms with van der Waals surface area (Å²) in [6.07, 6.45) is 3.12. The first-order valence-electron chi connectivity index (χ1n) is 7.85. The van der Waals surface area contributed by atoms with Gasteiger partial charge in [0.2, 0.25) is 10.0 Å². The van der Waals surface area contributed by atoms with Gasteiger partial charge < -0.3 is 4.74 Å². The highest BCUT2D eigenvalue weighted by molar-refractivity contribution is 7.89. The lowest BCUT2D eigenvalue weighted by Crippen LogP contribution is -2.28. The van der Waals surface area contributed by atoms with E-state index in [-0.39, 0.29) is 6.54 Å². The van der Waals surface area contributed by atoms with Gasteiger partial charge in [-0.25, -0.2) is 13.1 Å². The Labute approximate surface area is 137 Å². The normalized spacial score (nSPS) is 13.8. The fraction of sp³-hybridized carbons (Fsp3) is 0.333. The highest BCUT2D eigenvalue weighted by Gasteiger charge is 2.17. The fourth-order valence-electron chi connectivity index (χ4n) is 2.78. The maximum atomic E-state index is 12.3. The Bertz CT molecular complexity index is 782. The number of hydrogen-bond donors (Lipinski definition) is 1. The molecule has 2 aromatic carbocycles. The van der Waals surface area contributed by atoms with Gasteiger partial charge in [0.25, 0.3) is 0 Å². The SMILES string of the molecule is Cc1ccc(OCCNS(=O)(=O)c2ccc3c(c2)CCC3)cc1. The largest absolute Gasteiger partial charge is 0.492 e. The summed E-state index contributed by atoms with van der Waals surface area (Å²) < 4.78 is 32.8. The molecule has 0 aliphatic heterocycles. The molecule has 0 fully saturated rings. The van der Waals surface area contributed by atoms with Crippen molar-refractivity contribution in [3.8, 4) is 5.75 Å². The van der Waals surface area contributed by atoms with E-state index in [0.29, 0.717) is 11.5 Å². The van der Waals surface area contributed by atoms with Crippen molar-refractivity contribution in [2.24, 2.45) is 0 Å². The number of aryl methyl sites for hydroxylation is 3. The van der Waals surface area contributed by atoms with E-state index in [4.69, 9.17) is 4.74 Å². The smallest absolute Gasteiger partial charge is 0.240 e. The van der Waals surface area contributed by atoms with Crippen LogP contribution in [-0.2, 0) is 22.9 Å². The number of sulfonamides is 1. The fourth-order valence-corrected chi connectivity index (χ4v) is 3.84. The molecule has 0 aromatic heterocycles. The second-order valence-electron chi connectivity index (χ2n) is 5.84. The molecule has 1 aliphatic rings. The number of rotatable bonds is 6. The molecule has 5 heteroatoms. The summed E-state index contributed by atoms with van der Waals surface area (Å²) in [6, 6.07) is 13.1. The molecule has 0 bridgehead atoms. The standard InChI is InChI=1S/C18H21NO3S/c1-14-5-8-17(9-6-14)22-12-11-19-23(20,21)18-10-7-15-3-2-4-16(15)13-18/h5-10,13,19H,2-4,11-12H2,1H3. The number of hydrogen-bond acceptors (Lipinski definition) is 3. The van der Waals surface area contributed by atoms with Gasteiger partial charge in [0.05, 0.1) is 4.90 Å². The van der Waals surface area contributed by atoms with Gasteiger partial charge in [0.1, 0.15) is 12.4 Å². The zero-order valence-corrected chi connectivity index (χ0v) is 14.0. The van der Waals surface area contributed by atoms with E-state index >= 15 is 0 Å². The molecule has 0 heterocycles. The van der Waals surface area contributed by atoms with Gasteiger partial charge >= 0.3 is 0 Å². The average molecular weight is 331 g/mol. The molecule has 23 heavy (non-hydrogen) atoms. The predicted molar refractivity (Wildman–Crippen MR) is 90.3 cm³/mol. The van der Waals surface area contributed by atoms with Crippen molar-refractivity contribution in [3.05, 3.63) is 59.2 Å². The van der Waals surface area contributed by atoms with Crippen molar-refractivity contribution in [3.63, 3.8) is 0 Å². The molecular formula is C18H21NO3S. The Balaban J connectivity index is 1.55. The first-order valence-corrected chi connectivity index (χ1v) is 9.34. The summed E-state index contributed by atoms with van der Waals surface area (Å²) in [4.78, 5) is 0.341. The highest BCUT2D eigenvalue weighted by atomic mass is 32.2. The van der Waals surface area contributed by atoms with Gasteiger partial charge in [-0.15, -0.1) is 0 Å². The molecule has 0 radical (unpaired) electrons. The van der Waals surface area contributed by atoms with Crippen LogP contribution in [0.3, 0.4) is 0 Å². The van der Waals surface area contributed by atoms with E-state index in [2.05, 4.69) is 4.72 Å². The van der Waals surface area contributed by atoms with E-state index in [0.717, 1.165) is 36.1 Å². The quantitative estimate of drug-likeness (QED) is 0.828. The zero-order valence-electron chi connectivity index (χ0n) is 13.2. The van der Waals surface area contributed by atoms with Crippen molar-refractivity contribution in [2.75, 3.05) is 13.2 Å². The van der Waals surface area contributed by atoms with Gasteiger partial charge in [0, 0.05) is 6.54 Å². The van der Waals surface area contributed by atoms with E-state index in [1.165, 1.54) is 5.56 Å². The zero-order chi connectivity index (χ0) is 16.3. The number of ether oxygens (including phenoxy) is 1. The van der Waals surface area contributed by atoms with Gasteiger partial charge in [0.15, 0.2) is 0 Å². The Hall–Kier alpha value is -1.85. The third-order valence-electron chi connectivity index (χ3n) is 4.06. The second-order valence-corrected chi connectivity index (χ2v) is 7.61. The van der Waals surface area contributed by atoms with Crippen molar-refractivity contribution < 1.29 is 13.2 Å². The molecule has 4 nitrogen and oxygen atoms in total. The molecule has 0 atom stereocenters. The lowest BCUT2D eigenvalue weighted by atomic mass is 10.1. The van der Waals surface area contributed by atoms with Crippen molar-refractivity contribution in [2.45, 2.75) is 31.1 Å². The molecule has 1 N–H and O–H groups in total. The van der Waals surface area contributed by atoms with Gasteiger partial charge in [-0.2, -0.15) is 0 Å². The molecular weight excluding hydrogens is 310 g/mol. The number of nitrogens with one attached hydrogen (secondary N) is 1. The first kappa shape index (κ1) is 16.0. The lowest BCUT2D eigenvalue weighted by molar-refractivity contribution is 0.323. The van der Waals surface area contributed by atoms with E-state index < -0.39 is 10.0 Å². The monoisotopic (exact) mass is 331 g/mol. The second kappa shape index (κ2) is 6.72. The number of fused-ring (bicyclic) bond motifs is 1. The van der Waals surface area contributed by atoms with Gasteiger partial charge in [-0.3, -0.25) is 0 Å². The van der Waals surface area contributed by atoms with Crippen LogP contribution in [0, 0.1) is 6.92 Å². The maximum Gasteiger partial charge on any atom is 0.240 e. The Kier molecular flexibility index (Phi) is 4.68. The molecule has 122 valence electrons. The first-order chi connectivity index (χ1) is 11.0. The topological polar surface area (TPSA) is 55.4 Å². The summed E-state index contributed by atoms with van der Waals surface area (Å²) >= 11 is 0. The number of benzene rings is 2. The van der Waals surface area contributed by atoms with Crippen LogP contribution in [0.5, 0.6) is 5.75 Å². The molecule has 3 rings (SSSR count). The maximum absolute atomic E-state index is 12.3. The van der Waals surface area contributed by atoms with Crippen LogP contribution < -0.4 is 9.46 Å². The van der Waals surface area contributed by atoms with Gasteiger partial charge in [-0.05, 0) is 61.6 Å². The third-order valence-corrected chi connectivity index (χ3v) is 5.52. The molecule has 0 unspecified atom stereocenters. The molecule has 0 saturated heterocycles. The summed E-state index contributed by atoms with van der Waals surface area (Å²) in [7, 11) is -3.47. The van der Waals surface area contributed by atoms with E-state index in [1.807, 2.05) is 37.3 Å². The minimum atomic E-state index is -3.47. The molecule has 0 amide bonds. The van der Waals surface area contributed by atoms with Crippen LogP contribution in [0.15, 0.2) is 47.4 Å². The molecule has 2 aromatic rings.